The molecule has 158 valence electrons. The molecule has 31 heavy (non-hydrogen) atoms. The number of likely N-dealkylation sites (tertiary alicyclic amines) is 1. The largest absolute Gasteiger partial charge is 0.480 e. The summed E-state index contributed by atoms with van der Waals surface area (Å²) in [6, 6.07) is 22.1. The number of carbonyl (C=O) groups is 1. The van der Waals surface area contributed by atoms with E-state index in [1.54, 1.807) is 11.5 Å². The molecule has 1 N–H and O–H groups in total. The minimum atomic E-state index is -0.840. The van der Waals surface area contributed by atoms with Crippen molar-refractivity contribution in [3.05, 3.63) is 84.1 Å². The summed E-state index contributed by atoms with van der Waals surface area (Å²) in [5.74, 6) is 6.42. The molecule has 2 heterocycles. The molecule has 0 unspecified atom stereocenters. The SMILES string of the molecule is C[C@@H](C(=O)O)n1cccc1-c1ccc(C#CCN2CCC(c3ccccc3)CC2)cc1. The Kier molecular flexibility index (Phi) is 6.54. The van der Waals surface area contributed by atoms with Gasteiger partial charge in [-0.25, -0.2) is 4.79 Å². The quantitative estimate of drug-likeness (QED) is 0.598. The van der Waals surface area contributed by atoms with Crippen LogP contribution in [0.1, 0.15) is 42.9 Å². The van der Waals surface area contributed by atoms with Crippen LogP contribution < -0.4 is 0 Å². The van der Waals surface area contributed by atoms with Crippen LogP contribution in [0.4, 0.5) is 0 Å². The first-order chi connectivity index (χ1) is 15.1. The van der Waals surface area contributed by atoms with Gasteiger partial charge < -0.3 is 9.67 Å². The van der Waals surface area contributed by atoms with Crippen molar-refractivity contribution >= 4 is 5.97 Å². The first-order valence-corrected chi connectivity index (χ1v) is 10.9. The van der Waals surface area contributed by atoms with Crippen molar-refractivity contribution in [2.45, 2.75) is 31.7 Å². The van der Waals surface area contributed by atoms with E-state index in [1.807, 2.05) is 42.6 Å². The monoisotopic (exact) mass is 412 g/mol. The Balaban J connectivity index is 1.33. The van der Waals surface area contributed by atoms with E-state index in [9.17, 15) is 9.90 Å². The van der Waals surface area contributed by atoms with Crippen LogP contribution in [-0.4, -0.2) is 40.2 Å². The van der Waals surface area contributed by atoms with Gasteiger partial charge in [-0.1, -0.05) is 54.3 Å². The summed E-state index contributed by atoms with van der Waals surface area (Å²) in [5, 5.41) is 9.30. The minimum Gasteiger partial charge on any atom is -0.480 e. The summed E-state index contributed by atoms with van der Waals surface area (Å²) in [5.41, 5.74) is 4.33. The van der Waals surface area contributed by atoms with Gasteiger partial charge in [0.1, 0.15) is 6.04 Å². The van der Waals surface area contributed by atoms with Crippen molar-refractivity contribution < 1.29 is 9.90 Å². The third-order valence-electron chi connectivity index (χ3n) is 6.13. The first-order valence-electron chi connectivity index (χ1n) is 10.9. The number of aliphatic carboxylic acids is 1. The number of carboxylic acids is 1. The molecule has 1 atom stereocenters. The van der Waals surface area contributed by atoms with Crippen LogP contribution in [0, 0.1) is 11.8 Å². The van der Waals surface area contributed by atoms with E-state index >= 15 is 0 Å². The van der Waals surface area contributed by atoms with Gasteiger partial charge in [0, 0.05) is 17.5 Å². The highest BCUT2D eigenvalue weighted by molar-refractivity contribution is 5.73. The van der Waals surface area contributed by atoms with E-state index < -0.39 is 12.0 Å². The molecule has 4 heteroatoms. The van der Waals surface area contributed by atoms with Crippen molar-refractivity contribution in [3.63, 3.8) is 0 Å². The van der Waals surface area contributed by atoms with Gasteiger partial charge in [-0.15, -0.1) is 0 Å². The topological polar surface area (TPSA) is 45.5 Å². The lowest BCUT2D eigenvalue weighted by atomic mass is 9.89. The van der Waals surface area contributed by atoms with Gasteiger partial charge >= 0.3 is 5.97 Å². The summed E-state index contributed by atoms with van der Waals surface area (Å²) in [6.07, 6.45) is 4.19. The zero-order chi connectivity index (χ0) is 21.6. The second-order valence-electron chi connectivity index (χ2n) is 8.16. The van der Waals surface area contributed by atoms with Crippen molar-refractivity contribution in [2.75, 3.05) is 19.6 Å². The van der Waals surface area contributed by atoms with Crippen molar-refractivity contribution in [1.82, 2.24) is 9.47 Å². The van der Waals surface area contributed by atoms with Gasteiger partial charge in [0.2, 0.25) is 0 Å². The lowest BCUT2D eigenvalue weighted by molar-refractivity contribution is -0.140. The maximum atomic E-state index is 11.3. The van der Waals surface area contributed by atoms with Gasteiger partial charge in [0.25, 0.3) is 0 Å². The fourth-order valence-corrected chi connectivity index (χ4v) is 4.22. The average molecular weight is 413 g/mol. The molecule has 1 fully saturated rings. The van der Waals surface area contributed by atoms with E-state index in [4.69, 9.17) is 0 Å². The van der Waals surface area contributed by atoms with Gasteiger partial charge in [0.05, 0.1) is 6.54 Å². The minimum absolute atomic E-state index is 0.601. The number of rotatable bonds is 5. The van der Waals surface area contributed by atoms with E-state index in [0.29, 0.717) is 5.92 Å². The van der Waals surface area contributed by atoms with Crippen LogP contribution in [0.5, 0.6) is 0 Å². The number of hydrogen-bond donors (Lipinski definition) is 1. The van der Waals surface area contributed by atoms with Gasteiger partial charge in [-0.05, 0) is 74.2 Å². The van der Waals surface area contributed by atoms with Gasteiger partial charge in [0.15, 0.2) is 0 Å². The summed E-state index contributed by atoms with van der Waals surface area (Å²) < 4.78 is 1.78. The van der Waals surface area contributed by atoms with Crippen LogP contribution >= 0.6 is 0 Å². The van der Waals surface area contributed by atoms with Crippen molar-refractivity contribution in [1.29, 1.82) is 0 Å². The molecule has 0 saturated carbocycles. The molecule has 1 aliphatic heterocycles. The van der Waals surface area contributed by atoms with Crippen LogP contribution in [0.15, 0.2) is 72.9 Å². The van der Waals surface area contributed by atoms with Gasteiger partial charge in [-0.3, -0.25) is 4.90 Å². The van der Waals surface area contributed by atoms with Crippen LogP contribution in [0.3, 0.4) is 0 Å². The highest BCUT2D eigenvalue weighted by Crippen LogP contribution is 2.27. The van der Waals surface area contributed by atoms with Gasteiger partial charge in [-0.2, -0.15) is 0 Å². The number of aromatic nitrogens is 1. The van der Waals surface area contributed by atoms with E-state index in [1.165, 1.54) is 18.4 Å². The lowest BCUT2D eigenvalue weighted by Crippen LogP contribution is -2.33. The predicted octanol–water partition coefficient (Wildman–Crippen LogP) is 5.03. The highest BCUT2D eigenvalue weighted by Gasteiger charge is 2.19. The highest BCUT2D eigenvalue weighted by atomic mass is 16.4. The molecule has 0 amide bonds. The summed E-state index contributed by atoms with van der Waals surface area (Å²) in [6.45, 7) is 4.66. The molecule has 2 aromatic carbocycles. The summed E-state index contributed by atoms with van der Waals surface area (Å²) >= 11 is 0. The maximum Gasteiger partial charge on any atom is 0.326 e. The number of hydrogen-bond acceptors (Lipinski definition) is 2. The zero-order valence-electron chi connectivity index (χ0n) is 17.9. The Morgan fingerprint density at radius 2 is 1.74 bits per heavy atom. The van der Waals surface area contributed by atoms with E-state index in [-0.39, 0.29) is 0 Å². The number of piperidine rings is 1. The third-order valence-corrected chi connectivity index (χ3v) is 6.13. The van der Waals surface area contributed by atoms with Crippen molar-refractivity contribution in [3.8, 4) is 23.1 Å². The molecular weight excluding hydrogens is 384 g/mol. The molecule has 0 spiro atoms. The summed E-state index contributed by atoms with van der Waals surface area (Å²) in [7, 11) is 0. The second kappa shape index (κ2) is 9.68. The summed E-state index contributed by atoms with van der Waals surface area (Å²) in [4.78, 5) is 13.8. The smallest absolute Gasteiger partial charge is 0.326 e. The van der Waals surface area contributed by atoms with Crippen LogP contribution in [-0.2, 0) is 4.79 Å². The average Bonchev–Trinajstić information content (AvgIpc) is 3.30. The Labute approximate surface area is 184 Å². The third kappa shape index (κ3) is 5.07. The number of carboxylic acid groups (broad SMARTS) is 1. The van der Waals surface area contributed by atoms with Crippen LogP contribution in [0.2, 0.25) is 0 Å². The molecule has 1 aliphatic rings. The number of nitrogens with zero attached hydrogens (tertiary/aromatic N) is 2. The van der Waals surface area contributed by atoms with E-state index in [0.717, 1.165) is 36.5 Å². The molecular formula is C27H28N2O2. The van der Waals surface area contributed by atoms with E-state index in [2.05, 4.69) is 47.1 Å². The Bertz CT molecular complexity index is 1070. The standard InChI is InChI=1S/C27H28N2O2/c1-21(27(30)31)29-18-6-10-26(29)25-13-11-22(12-14-25)7-5-17-28-19-15-24(16-20-28)23-8-3-2-4-9-23/h2-4,6,8-14,18,21,24H,15-17,19-20H2,1H3,(H,30,31)/t21-/m0/s1. The normalized spacial score (nSPS) is 15.8. The fraction of sp³-hybridized carbons (Fsp3) is 0.296. The molecule has 4 rings (SSSR count). The molecule has 0 aliphatic carbocycles. The Hall–Kier alpha value is -3.29. The lowest BCUT2D eigenvalue weighted by Gasteiger charge is -2.30. The first kappa shape index (κ1) is 21.0. The van der Waals surface area contributed by atoms with Crippen LogP contribution in [0.25, 0.3) is 11.3 Å². The molecule has 0 bridgehead atoms. The maximum absolute atomic E-state index is 11.3. The fourth-order valence-electron chi connectivity index (χ4n) is 4.22. The molecule has 1 aromatic heterocycles. The predicted molar refractivity (Wildman–Crippen MR) is 124 cm³/mol. The molecule has 1 saturated heterocycles. The van der Waals surface area contributed by atoms with Crippen molar-refractivity contribution in [2.24, 2.45) is 0 Å². The Morgan fingerprint density at radius 1 is 1.03 bits per heavy atom. The second-order valence-corrected chi connectivity index (χ2v) is 8.16. The Morgan fingerprint density at radius 3 is 2.42 bits per heavy atom. The number of benzene rings is 2. The molecule has 3 aromatic rings. The zero-order valence-corrected chi connectivity index (χ0v) is 17.9. The molecule has 0 radical (unpaired) electrons. The molecule has 4 nitrogen and oxygen atoms in total.